The molecule has 1 aliphatic heterocycles. The van der Waals surface area contributed by atoms with Crippen LogP contribution >= 0.6 is 0 Å². The molecule has 0 bridgehead atoms. The van der Waals surface area contributed by atoms with E-state index in [1.165, 1.54) is 0 Å². The summed E-state index contributed by atoms with van der Waals surface area (Å²) in [6.45, 7) is 3.83. The van der Waals surface area contributed by atoms with Crippen LogP contribution in [0.2, 0.25) is 0 Å². The van der Waals surface area contributed by atoms with Crippen LogP contribution in [0.5, 0.6) is 0 Å². The predicted octanol–water partition coefficient (Wildman–Crippen LogP) is -0.819. The highest BCUT2D eigenvalue weighted by molar-refractivity contribution is 4.43. The Kier molecular flexibility index (Phi) is 2.62. The molecule has 0 aromatic heterocycles. The van der Waals surface area contributed by atoms with E-state index in [9.17, 15) is 5.21 Å². The minimum atomic E-state index is 0.0938. The Hall–Kier alpha value is -0.160. The average Bonchev–Trinajstić information content (AvgIpc) is 1.89. The molecule has 0 radical (unpaired) electrons. The van der Waals surface area contributed by atoms with Crippen molar-refractivity contribution in [2.45, 2.75) is 0 Å². The number of nitrogens with two attached hydrogens (primary N) is 1. The normalized spacial score (nSPS) is 24.6. The summed E-state index contributed by atoms with van der Waals surface area (Å²) in [6.07, 6.45) is 0. The second-order valence-electron chi connectivity index (χ2n) is 2.67. The van der Waals surface area contributed by atoms with Crippen molar-refractivity contribution >= 4 is 0 Å². The first-order valence-corrected chi connectivity index (χ1v) is 3.63. The van der Waals surface area contributed by atoms with Crippen molar-refractivity contribution in [3.63, 3.8) is 0 Å². The topological polar surface area (TPSA) is 55.5 Å². The maximum Gasteiger partial charge on any atom is 0.132 e. The van der Waals surface area contributed by atoms with E-state index in [-0.39, 0.29) is 4.65 Å². The van der Waals surface area contributed by atoms with Gasteiger partial charge in [-0.3, -0.25) is 0 Å². The lowest BCUT2D eigenvalue weighted by molar-refractivity contribution is -1.10. The largest absolute Gasteiger partial charge is 0.370 e. The van der Waals surface area contributed by atoms with Crippen molar-refractivity contribution in [2.75, 3.05) is 39.4 Å². The Morgan fingerprint density at radius 2 is 2.00 bits per heavy atom. The zero-order valence-electron chi connectivity index (χ0n) is 6.12. The summed E-state index contributed by atoms with van der Waals surface area (Å²) in [7, 11) is 0. The number of rotatable bonds is 2. The molecule has 1 heterocycles. The molecule has 0 unspecified atom stereocenters. The van der Waals surface area contributed by atoms with Crippen LogP contribution in [0.25, 0.3) is 0 Å². The van der Waals surface area contributed by atoms with Crippen LogP contribution in [-0.4, -0.2) is 49.2 Å². The van der Waals surface area contributed by atoms with Gasteiger partial charge in [0.15, 0.2) is 0 Å². The summed E-state index contributed by atoms with van der Waals surface area (Å²) in [5, 5.41) is 9.65. The lowest BCUT2D eigenvalue weighted by atomic mass is 10.4. The van der Waals surface area contributed by atoms with Gasteiger partial charge in [0.25, 0.3) is 0 Å². The van der Waals surface area contributed by atoms with E-state index in [4.69, 9.17) is 10.5 Å². The summed E-state index contributed by atoms with van der Waals surface area (Å²) in [5.41, 5.74) is 5.33. The molecule has 0 spiro atoms. The molecule has 4 nitrogen and oxygen atoms in total. The summed E-state index contributed by atoms with van der Waals surface area (Å²) in [4.78, 5) is 0. The Morgan fingerprint density at radius 3 is 2.50 bits per heavy atom. The first kappa shape index (κ1) is 7.94. The highest BCUT2D eigenvalue weighted by atomic mass is 16.6. The number of quaternary nitrogens is 1. The smallest absolute Gasteiger partial charge is 0.132 e. The zero-order valence-corrected chi connectivity index (χ0v) is 6.12. The molecule has 0 aromatic rings. The molecule has 0 aliphatic carbocycles. The fourth-order valence-electron chi connectivity index (χ4n) is 1.15. The van der Waals surface area contributed by atoms with E-state index >= 15 is 0 Å². The van der Waals surface area contributed by atoms with Gasteiger partial charge >= 0.3 is 0 Å². The molecule has 0 saturated carbocycles. The second kappa shape index (κ2) is 3.30. The quantitative estimate of drug-likeness (QED) is 0.502. The highest BCUT2D eigenvalue weighted by Crippen LogP contribution is 2.04. The maximum absolute atomic E-state index is 9.65. The van der Waals surface area contributed by atoms with Crippen molar-refractivity contribution in [1.82, 2.24) is 0 Å². The van der Waals surface area contributed by atoms with E-state index in [2.05, 4.69) is 0 Å². The lowest BCUT2D eigenvalue weighted by Crippen LogP contribution is -2.54. The van der Waals surface area contributed by atoms with Gasteiger partial charge in [-0.15, -0.1) is 0 Å². The van der Waals surface area contributed by atoms with Gasteiger partial charge in [-0.1, -0.05) is 0 Å². The van der Waals surface area contributed by atoms with Crippen LogP contribution in [0.15, 0.2) is 0 Å². The summed E-state index contributed by atoms with van der Waals surface area (Å²) in [6, 6.07) is 0. The first-order chi connectivity index (χ1) is 4.77. The minimum Gasteiger partial charge on any atom is -0.370 e. The maximum atomic E-state index is 9.65. The molecule has 60 valence electrons. The summed E-state index contributed by atoms with van der Waals surface area (Å²) >= 11 is 0. The van der Waals surface area contributed by atoms with Crippen LogP contribution < -0.4 is 5.73 Å². The third-order valence-corrected chi connectivity index (χ3v) is 1.85. The van der Waals surface area contributed by atoms with Gasteiger partial charge in [0.1, 0.15) is 19.6 Å². The fourth-order valence-corrected chi connectivity index (χ4v) is 1.15. The van der Waals surface area contributed by atoms with Gasteiger partial charge < -0.3 is 10.5 Å². The number of morpholine rings is 1. The van der Waals surface area contributed by atoms with Gasteiger partial charge in [-0.05, 0) is 0 Å². The molecule has 3 N–H and O–H groups in total. The Balaban J connectivity index is 2.32. The molecule has 1 aliphatic rings. The molecule has 1 rings (SSSR count). The molecule has 4 heteroatoms. The van der Waals surface area contributed by atoms with Crippen molar-refractivity contribution < 1.29 is 14.6 Å². The third kappa shape index (κ3) is 1.91. The van der Waals surface area contributed by atoms with E-state index in [0.29, 0.717) is 39.4 Å². The minimum absolute atomic E-state index is 0.0938. The van der Waals surface area contributed by atoms with E-state index in [0.717, 1.165) is 0 Å². The molecule has 0 aromatic carbocycles. The first-order valence-electron chi connectivity index (χ1n) is 3.63. The molecule has 10 heavy (non-hydrogen) atoms. The van der Waals surface area contributed by atoms with Crippen LogP contribution in [-0.2, 0) is 4.74 Å². The fraction of sp³-hybridized carbons (Fsp3) is 1.00. The monoisotopic (exact) mass is 147 g/mol. The number of hydroxylamine groups is 3. The van der Waals surface area contributed by atoms with E-state index in [1.807, 2.05) is 0 Å². The van der Waals surface area contributed by atoms with Crippen LogP contribution in [0.1, 0.15) is 0 Å². The Labute approximate surface area is 60.7 Å². The summed E-state index contributed by atoms with van der Waals surface area (Å²) < 4.78 is 5.19. The molecule has 1 saturated heterocycles. The highest BCUT2D eigenvalue weighted by Gasteiger charge is 2.27. The van der Waals surface area contributed by atoms with Crippen LogP contribution in [0.3, 0.4) is 0 Å². The van der Waals surface area contributed by atoms with Gasteiger partial charge in [0, 0.05) is 6.54 Å². The average molecular weight is 147 g/mol. The van der Waals surface area contributed by atoms with Gasteiger partial charge in [0.2, 0.25) is 0 Å². The van der Waals surface area contributed by atoms with Gasteiger partial charge in [-0.25, -0.2) is 5.21 Å². The van der Waals surface area contributed by atoms with Crippen LogP contribution in [0.4, 0.5) is 0 Å². The summed E-state index contributed by atoms with van der Waals surface area (Å²) in [5.74, 6) is 0. The SMILES string of the molecule is NCC[N+]1(O)CCOCC1. The van der Waals surface area contributed by atoms with Gasteiger partial charge in [-0.2, -0.15) is 4.65 Å². The van der Waals surface area contributed by atoms with E-state index < -0.39 is 0 Å². The standard InChI is InChI=1S/C6H15N2O2/c7-1-2-8(9)3-5-10-6-4-8/h9H,1-7H2/q+1. The van der Waals surface area contributed by atoms with Gasteiger partial charge in [0.05, 0.1) is 13.2 Å². The molecule has 1 fully saturated rings. The Bertz CT molecular complexity index is 96.4. The van der Waals surface area contributed by atoms with E-state index in [1.54, 1.807) is 0 Å². The predicted molar refractivity (Wildman–Crippen MR) is 36.5 cm³/mol. The number of hydrogen-bond donors (Lipinski definition) is 2. The molecule has 0 atom stereocenters. The number of hydrogen-bond acceptors (Lipinski definition) is 3. The van der Waals surface area contributed by atoms with Crippen molar-refractivity contribution in [2.24, 2.45) is 5.73 Å². The zero-order chi connectivity index (χ0) is 7.45. The Morgan fingerprint density at radius 1 is 1.40 bits per heavy atom. The second-order valence-corrected chi connectivity index (χ2v) is 2.67. The van der Waals surface area contributed by atoms with Crippen molar-refractivity contribution in [1.29, 1.82) is 0 Å². The molecular weight excluding hydrogens is 132 g/mol. The van der Waals surface area contributed by atoms with Crippen molar-refractivity contribution in [3.8, 4) is 0 Å². The van der Waals surface area contributed by atoms with Crippen LogP contribution in [0, 0.1) is 0 Å². The third-order valence-electron chi connectivity index (χ3n) is 1.85. The molecule has 0 amide bonds. The van der Waals surface area contributed by atoms with Crippen molar-refractivity contribution in [3.05, 3.63) is 0 Å². The number of nitrogens with zero attached hydrogens (tertiary/aromatic N) is 1. The number of ether oxygens (including phenoxy) is 1. The lowest BCUT2D eigenvalue weighted by Gasteiger charge is -2.32. The molecular formula is C6H15N2O2+.